The highest BCUT2D eigenvalue weighted by molar-refractivity contribution is 8.00. The summed E-state index contributed by atoms with van der Waals surface area (Å²) in [5, 5.41) is 2.51. The number of hydrogen-bond acceptors (Lipinski definition) is 3. The van der Waals surface area contributed by atoms with Gasteiger partial charge in [0.25, 0.3) is 5.76 Å². The lowest BCUT2D eigenvalue weighted by atomic mass is 10.3. The van der Waals surface area contributed by atoms with E-state index in [4.69, 9.17) is 0 Å². The van der Waals surface area contributed by atoms with Gasteiger partial charge in [-0.05, 0) is 24.3 Å². The maximum absolute atomic E-state index is 13.5. The first kappa shape index (κ1) is 17.7. The monoisotopic (exact) mass is 361 g/mol. The summed E-state index contributed by atoms with van der Waals surface area (Å²) >= 11 is 1.22. The van der Waals surface area contributed by atoms with Crippen LogP contribution in [0.5, 0.6) is 0 Å². The summed E-state index contributed by atoms with van der Waals surface area (Å²) < 4.78 is 51.2. The van der Waals surface area contributed by atoms with Gasteiger partial charge in [0.05, 0.1) is 11.4 Å². The van der Waals surface area contributed by atoms with Crippen LogP contribution in [0, 0.1) is 11.6 Å². The largest absolute Gasteiger partial charge is 0.324 e. The number of carbonyl (C=O) groups is 1. The average molecular weight is 361 g/mol. The van der Waals surface area contributed by atoms with Crippen LogP contribution in [0.25, 0.3) is 0 Å². The Balaban J connectivity index is 1.97. The van der Waals surface area contributed by atoms with Gasteiger partial charge in [-0.2, -0.15) is 8.78 Å². The normalized spacial score (nSPS) is 10.8. The molecule has 0 fully saturated rings. The van der Waals surface area contributed by atoms with E-state index in [-0.39, 0.29) is 21.2 Å². The summed E-state index contributed by atoms with van der Waals surface area (Å²) in [6.45, 7) is 0. The molecular formula is C15H11F4NOS2. The number of thioether (sulfide) groups is 2. The highest BCUT2D eigenvalue weighted by Crippen LogP contribution is 2.32. The van der Waals surface area contributed by atoms with Gasteiger partial charge in [-0.3, -0.25) is 4.79 Å². The lowest BCUT2D eigenvalue weighted by Crippen LogP contribution is -2.14. The van der Waals surface area contributed by atoms with Gasteiger partial charge in [0, 0.05) is 15.9 Å². The Morgan fingerprint density at radius 1 is 1.09 bits per heavy atom. The molecule has 0 radical (unpaired) electrons. The fourth-order valence-corrected chi connectivity index (χ4v) is 3.01. The second-order valence-corrected chi connectivity index (χ2v) is 6.34. The minimum absolute atomic E-state index is 0.129. The van der Waals surface area contributed by atoms with E-state index in [1.807, 2.05) is 0 Å². The number of amides is 1. The minimum Gasteiger partial charge on any atom is -0.324 e. The van der Waals surface area contributed by atoms with Crippen LogP contribution in [0.2, 0.25) is 0 Å². The smallest absolute Gasteiger partial charge is 0.288 e. The van der Waals surface area contributed by atoms with E-state index in [1.54, 1.807) is 12.1 Å². The van der Waals surface area contributed by atoms with Gasteiger partial charge >= 0.3 is 0 Å². The third-order valence-corrected chi connectivity index (χ3v) is 4.47. The van der Waals surface area contributed by atoms with Crippen LogP contribution in [-0.2, 0) is 4.79 Å². The van der Waals surface area contributed by atoms with Crippen molar-refractivity contribution in [3.63, 3.8) is 0 Å². The molecule has 1 amide bonds. The maximum atomic E-state index is 13.5. The summed E-state index contributed by atoms with van der Waals surface area (Å²) in [7, 11) is 0. The Labute approximate surface area is 138 Å². The summed E-state index contributed by atoms with van der Waals surface area (Å²) in [6.07, 6.45) is 0. The predicted octanol–water partition coefficient (Wildman–Crippen LogP) is 5.01. The quantitative estimate of drug-likeness (QED) is 0.579. The third kappa shape index (κ3) is 5.47. The van der Waals surface area contributed by atoms with E-state index in [9.17, 15) is 22.4 Å². The first-order valence-electron chi connectivity index (χ1n) is 6.37. The Morgan fingerprint density at radius 2 is 1.83 bits per heavy atom. The second kappa shape index (κ2) is 8.26. The van der Waals surface area contributed by atoms with Gasteiger partial charge in [-0.15, -0.1) is 11.8 Å². The Morgan fingerprint density at radius 3 is 2.52 bits per heavy atom. The molecule has 2 aromatic carbocycles. The van der Waals surface area contributed by atoms with Crippen LogP contribution in [-0.4, -0.2) is 17.4 Å². The fraction of sp³-hybridized carbons (Fsp3) is 0.133. The molecule has 2 aromatic rings. The Kier molecular flexibility index (Phi) is 6.35. The molecule has 0 aromatic heterocycles. The summed E-state index contributed by atoms with van der Waals surface area (Å²) in [5.74, 6) is -4.65. The van der Waals surface area contributed by atoms with Crippen molar-refractivity contribution < 1.29 is 22.4 Å². The van der Waals surface area contributed by atoms with Gasteiger partial charge in [-0.25, -0.2) is 8.78 Å². The number of rotatable bonds is 6. The molecule has 0 heterocycles. The maximum Gasteiger partial charge on any atom is 0.288 e. The van der Waals surface area contributed by atoms with Gasteiger partial charge in [0.2, 0.25) is 5.91 Å². The van der Waals surface area contributed by atoms with E-state index in [2.05, 4.69) is 5.32 Å². The molecule has 1 N–H and O–H groups in total. The number of alkyl halides is 2. The SMILES string of the molecule is O=C(CSc1ccc(F)cc1F)Nc1ccccc1SC(F)F. The molecule has 8 heteroatoms. The summed E-state index contributed by atoms with van der Waals surface area (Å²) in [6, 6.07) is 9.24. The van der Waals surface area contributed by atoms with Gasteiger partial charge in [0.15, 0.2) is 0 Å². The summed E-state index contributed by atoms with van der Waals surface area (Å²) in [5.41, 5.74) is 0.267. The molecule has 0 atom stereocenters. The average Bonchev–Trinajstić information content (AvgIpc) is 2.48. The Bertz CT molecular complexity index is 697. The zero-order chi connectivity index (χ0) is 16.8. The van der Waals surface area contributed by atoms with Gasteiger partial charge in [-0.1, -0.05) is 23.9 Å². The number of anilines is 1. The number of para-hydroxylation sites is 1. The molecule has 0 saturated heterocycles. The molecule has 0 aliphatic carbocycles. The molecule has 23 heavy (non-hydrogen) atoms. The van der Waals surface area contributed by atoms with Crippen molar-refractivity contribution in [3.8, 4) is 0 Å². The van der Waals surface area contributed by atoms with E-state index < -0.39 is 23.3 Å². The molecule has 0 aliphatic heterocycles. The molecule has 0 saturated carbocycles. The van der Waals surface area contributed by atoms with Crippen molar-refractivity contribution in [2.45, 2.75) is 15.5 Å². The number of halogens is 4. The van der Waals surface area contributed by atoms with Crippen molar-refractivity contribution in [1.29, 1.82) is 0 Å². The van der Waals surface area contributed by atoms with Crippen molar-refractivity contribution in [1.82, 2.24) is 0 Å². The van der Waals surface area contributed by atoms with Crippen LogP contribution >= 0.6 is 23.5 Å². The van der Waals surface area contributed by atoms with Crippen molar-refractivity contribution in [3.05, 3.63) is 54.1 Å². The number of benzene rings is 2. The van der Waals surface area contributed by atoms with Crippen molar-refractivity contribution >= 4 is 35.1 Å². The van der Waals surface area contributed by atoms with Gasteiger partial charge in [0.1, 0.15) is 11.6 Å². The van der Waals surface area contributed by atoms with E-state index in [0.29, 0.717) is 11.8 Å². The van der Waals surface area contributed by atoms with Crippen molar-refractivity contribution in [2.24, 2.45) is 0 Å². The molecule has 0 bridgehead atoms. The van der Waals surface area contributed by atoms with Crippen molar-refractivity contribution in [2.75, 3.05) is 11.1 Å². The first-order valence-corrected chi connectivity index (χ1v) is 8.24. The molecule has 2 nitrogen and oxygen atoms in total. The minimum atomic E-state index is -2.60. The second-order valence-electron chi connectivity index (χ2n) is 4.29. The highest BCUT2D eigenvalue weighted by atomic mass is 32.2. The lowest BCUT2D eigenvalue weighted by Gasteiger charge is -2.10. The van der Waals surface area contributed by atoms with E-state index in [1.165, 1.54) is 18.2 Å². The lowest BCUT2D eigenvalue weighted by molar-refractivity contribution is -0.113. The van der Waals surface area contributed by atoms with Gasteiger partial charge < -0.3 is 5.32 Å². The molecule has 0 spiro atoms. The standard InChI is InChI=1S/C15H11F4NOS2/c16-9-5-6-12(10(17)7-9)22-8-14(21)20-11-3-1-2-4-13(11)23-15(18)19/h1-7,15H,8H2,(H,20,21). The number of nitrogens with one attached hydrogen (secondary N) is 1. The van der Waals surface area contributed by atoms with Crippen LogP contribution in [0.3, 0.4) is 0 Å². The summed E-state index contributed by atoms with van der Waals surface area (Å²) in [4.78, 5) is 12.3. The molecule has 122 valence electrons. The number of carbonyl (C=O) groups excluding carboxylic acids is 1. The fourth-order valence-electron chi connectivity index (χ4n) is 1.69. The Hall–Kier alpha value is -1.67. The topological polar surface area (TPSA) is 29.1 Å². The molecule has 0 aliphatic rings. The highest BCUT2D eigenvalue weighted by Gasteiger charge is 2.13. The van der Waals surface area contributed by atoms with Crippen LogP contribution in [0.15, 0.2) is 52.3 Å². The molecular weight excluding hydrogens is 350 g/mol. The predicted molar refractivity (Wildman–Crippen MR) is 84.0 cm³/mol. The van der Waals surface area contributed by atoms with E-state index >= 15 is 0 Å². The number of hydrogen-bond donors (Lipinski definition) is 1. The van der Waals surface area contributed by atoms with Crippen LogP contribution < -0.4 is 5.32 Å². The van der Waals surface area contributed by atoms with Crippen LogP contribution in [0.1, 0.15) is 0 Å². The molecule has 0 unspecified atom stereocenters. The van der Waals surface area contributed by atoms with E-state index in [0.717, 1.165) is 23.9 Å². The first-order chi connectivity index (χ1) is 11.0. The zero-order valence-electron chi connectivity index (χ0n) is 11.6. The van der Waals surface area contributed by atoms with Crippen LogP contribution in [0.4, 0.5) is 23.2 Å². The zero-order valence-corrected chi connectivity index (χ0v) is 13.2. The third-order valence-electron chi connectivity index (χ3n) is 2.63. The molecule has 2 rings (SSSR count).